The van der Waals surface area contributed by atoms with Crippen LogP contribution in [0.25, 0.3) is 0 Å². The number of benzene rings is 2. The van der Waals surface area contributed by atoms with Gasteiger partial charge in [0, 0.05) is 5.56 Å². The molecule has 0 aliphatic heterocycles. The Morgan fingerprint density at radius 2 is 1.81 bits per heavy atom. The number of ketones is 1. The predicted molar refractivity (Wildman–Crippen MR) is 81.6 cm³/mol. The van der Waals surface area contributed by atoms with E-state index in [0.717, 1.165) is 16.7 Å². The van der Waals surface area contributed by atoms with Crippen molar-refractivity contribution in [2.24, 2.45) is 0 Å². The van der Waals surface area contributed by atoms with Gasteiger partial charge in [-0.05, 0) is 50.1 Å². The molecule has 0 N–H and O–H groups in total. The van der Waals surface area contributed by atoms with Crippen molar-refractivity contribution in [1.29, 1.82) is 5.26 Å². The van der Waals surface area contributed by atoms with Crippen molar-refractivity contribution in [3.8, 4) is 11.8 Å². The summed E-state index contributed by atoms with van der Waals surface area (Å²) in [4.78, 5) is 12.3. The molecule has 2 aromatic rings. The van der Waals surface area contributed by atoms with Crippen LogP contribution in [0, 0.1) is 32.1 Å². The highest BCUT2D eigenvalue weighted by Crippen LogP contribution is 2.20. The zero-order valence-electron chi connectivity index (χ0n) is 12.4. The van der Waals surface area contributed by atoms with E-state index >= 15 is 0 Å². The third kappa shape index (κ3) is 3.49. The van der Waals surface area contributed by atoms with E-state index < -0.39 is 0 Å². The maximum atomic E-state index is 12.3. The highest BCUT2D eigenvalue weighted by molar-refractivity contribution is 5.98. The molecule has 0 aliphatic carbocycles. The van der Waals surface area contributed by atoms with Crippen molar-refractivity contribution in [3.05, 3.63) is 64.2 Å². The molecule has 0 saturated heterocycles. The highest BCUT2D eigenvalue weighted by atomic mass is 16.5. The number of carbonyl (C=O) groups is 1. The number of aryl methyl sites for hydroxylation is 3. The van der Waals surface area contributed by atoms with Gasteiger partial charge in [-0.25, -0.2) is 0 Å². The summed E-state index contributed by atoms with van der Waals surface area (Å²) < 4.78 is 5.59. The first-order valence-electron chi connectivity index (χ1n) is 6.75. The Kier molecular flexibility index (Phi) is 4.39. The van der Waals surface area contributed by atoms with Crippen LogP contribution < -0.4 is 4.74 Å². The summed E-state index contributed by atoms with van der Waals surface area (Å²) in [6, 6.07) is 13.1. The van der Waals surface area contributed by atoms with E-state index in [0.29, 0.717) is 16.9 Å². The van der Waals surface area contributed by atoms with Crippen LogP contribution in [-0.2, 0) is 0 Å². The molecule has 3 nitrogen and oxygen atoms in total. The predicted octanol–water partition coefficient (Wildman–Crippen LogP) is 3.75. The standard InChI is InChI=1S/C18H17NO2/c1-12-4-5-13(2)16(8-12)17(20)11-21-18-9-15(10-19)7-6-14(18)3/h4-9H,11H2,1-3H3. The fourth-order valence-corrected chi connectivity index (χ4v) is 2.08. The highest BCUT2D eigenvalue weighted by Gasteiger charge is 2.11. The molecule has 0 bridgehead atoms. The second-order valence-corrected chi connectivity index (χ2v) is 5.12. The fraction of sp³-hybridized carbons (Fsp3) is 0.222. The average molecular weight is 279 g/mol. The van der Waals surface area contributed by atoms with Gasteiger partial charge in [-0.2, -0.15) is 5.26 Å². The van der Waals surface area contributed by atoms with Crippen molar-refractivity contribution in [2.45, 2.75) is 20.8 Å². The lowest BCUT2D eigenvalue weighted by Crippen LogP contribution is -2.13. The van der Waals surface area contributed by atoms with Crippen LogP contribution in [0.1, 0.15) is 32.6 Å². The molecule has 0 radical (unpaired) electrons. The molecule has 106 valence electrons. The van der Waals surface area contributed by atoms with Crippen molar-refractivity contribution in [2.75, 3.05) is 6.61 Å². The smallest absolute Gasteiger partial charge is 0.200 e. The van der Waals surface area contributed by atoms with Crippen molar-refractivity contribution in [3.63, 3.8) is 0 Å². The molecule has 0 aliphatic rings. The van der Waals surface area contributed by atoms with E-state index in [1.54, 1.807) is 12.1 Å². The molecule has 0 heterocycles. The van der Waals surface area contributed by atoms with E-state index in [2.05, 4.69) is 6.07 Å². The number of carbonyl (C=O) groups excluding carboxylic acids is 1. The molecule has 21 heavy (non-hydrogen) atoms. The minimum atomic E-state index is -0.0574. The molecule has 0 amide bonds. The number of hydrogen-bond donors (Lipinski definition) is 0. The van der Waals surface area contributed by atoms with E-state index in [9.17, 15) is 4.79 Å². The van der Waals surface area contributed by atoms with Gasteiger partial charge in [0.05, 0.1) is 11.6 Å². The minimum absolute atomic E-state index is 0.0278. The first-order chi connectivity index (χ1) is 10.0. The average Bonchev–Trinajstić information content (AvgIpc) is 2.48. The van der Waals surface area contributed by atoms with Gasteiger partial charge in [-0.15, -0.1) is 0 Å². The largest absolute Gasteiger partial charge is 0.485 e. The topological polar surface area (TPSA) is 50.1 Å². The van der Waals surface area contributed by atoms with Gasteiger partial charge in [0.15, 0.2) is 12.4 Å². The Labute approximate surface area is 124 Å². The van der Waals surface area contributed by atoms with Crippen molar-refractivity contribution >= 4 is 5.78 Å². The Balaban J connectivity index is 2.15. The van der Waals surface area contributed by atoms with Crippen LogP contribution >= 0.6 is 0 Å². The second kappa shape index (κ2) is 6.23. The zero-order valence-corrected chi connectivity index (χ0v) is 12.4. The number of nitrogens with zero attached hydrogens (tertiary/aromatic N) is 1. The Morgan fingerprint density at radius 1 is 1.10 bits per heavy atom. The molecule has 3 heteroatoms. The summed E-state index contributed by atoms with van der Waals surface area (Å²) >= 11 is 0. The number of nitriles is 1. The molecule has 0 unspecified atom stereocenters. The van der Waals surface area contributed by atoms with Gasteiger partial charge in [0.25, 0.3) is 0 Å². The van der Waals surface area contributed by atoms with Gasteiger partial charge in [-0.3, -0.25) is 4.79 Å². The van der Waals surface area contributed by atoms with Crippen LogP contribution in [0.4, 0.5) is 0 Å². The monoisotopic (exact) mass is 279 g/mol. The molecule has 0 aromatic heterocycles. The third-order valence-electron chi connectivity index (χ3n) is 3.37. The lowest BCUT2D eigenvalue weighted by Gasteiger charge is -2.10. The number of rotatable bonds is 4. The first-order valence-corrected chi connectivity index (χ1v) is 6.75. The van der Waals surface area contributed by atoms with E-state index in [1.165, 1.54) is 0 Å². The molecule has 0 spiro atoms. The maximum absolute atomic E-state index is 12.3. The summed E-state index contributed by atoms with van der Waals surface area (Å²) in [6.45, 7) is 5.73. The van der Waals surface area contributed by atoms with Crippen LogP contribution in [0.5, 0.6) is 5.75 Å². The molecular formula is C18H17NO2. The Hall–Kier alpha value is -2.60. The molecular weight excluding hydrogens is 262 g/mol. The maximum Gasteiger partial charge on any atom is 0.200 e. The van der Waals surface area contributed by atoms with Gasteiger partial charge in [0.2, 0.25) is 0 Å². The minimum Gasteiger partial charge on any atom is -0.485 e. The van der Waals surface area contributed by atoms with E-state index in [1.807, 2.05) is 45.0 Å². The second-order valence-electron chi connectivity index (χ2n) is 5.12. The number of ether oxygens (including phenoxy) is 1. The third-order valence-corrected chi connectivity index (χ3v) is 3.37. The van der Waals surface area contributed by atoms with E-state index in [-0.39, 0.29) is 12.4 Å². The van der Waals surface area contributed by atoms with Crippen LogP contribution in [0.3, 0.4) is 0 Å². The summed E-state index contributed by atoms with van der Waals surface area (Å²) in [5, 5.41) is 8.90. The summed E-state index contributed by atoms with van der Waals surface area (Å²) in [6.07, 6.45) is 0. The van der Waals surface area contributed by atoms with Gasteiger partial charge < -0.3 is 4.74 Å². The van der Waals surface area contributed by atoms with Crippen molar-refractivity contribution in [1.82, 2.24) is 0 Å². The SMILES string of the molecule is Cc1ccc(C)c(C(=O)COc2cc(C#N)ccc2C)c1. The quantitative estimate of drug-likeness (QED) is 0.801. The molecule has 0 atom stereocenters. The molecule has 0 saturated carbocycles. The van der Waals surface area contributed by atoms with Gasteiger partial charge in [0.1, 0.15) is 5.75 Å². The van der Waals surface area contributed by atoms with Gasteiger partial charge in [-0.1, -0.05) is 23.8 Å². The van der Waals surface area contributed by atoms with Crippen LogP contribution in [0.2, 0.25) is 0 Å². The van der Waals surface area contributed by atoms with Gasteiger partial charge >= 0.3 is 0 Å². The lowest BCUT2D eigenvalue weighted by molar-refractivity contribution is 0.0920. The molecule has 2 aromatic carbocycles. The van der Waals surface area contributed by atoms with Crippen LogP contribution in [0.15, 0.2) is 36.4 Å². The lowest BCUT2D eigenvalue weighted by atomic mass is 10.0. The molecule has 2 rings (SSSR count). The molecule has 0 fully saturated rings. The Bertz CT molecular complexity index is 726. The summed E-state index contributed by atoms with van der Waals surface area (Å²) in [5.41, 5.74) is 4.10. The van der Waals surface area contributed by atoms with E-state index in [4.69, 9.17) is 10.00 Å². The summed E-state index contributed by atoms with van der Waals surface area (Å²) in [5.74, 6) is 0.519. The summed E-state index contributed by atoms with van der Waals surface area (Å²) in [7, 11) is 0. The first kappa shape index (κ1) is 14.8. The van der Waals surface area contributed by atoms with Crippen molar-refractivity contribution < 1.29 is 9.53 Å². The van der Waals surface area contributed by atoms with Crippen LogP contribution in [-0.4, -0.2) is 12.4 Å². The Morgan fingerprint density at radius 3 is 2.52 bits per heavy atom. The fourth-order valence-electron chi connectivity index (χ4n) is 2.08. The normalized spacial score (nSPS) is 10.0. The number of Topliss-reactive ketones (excluding diaryl/α,β-unsaturated/α-hetero) is 1. The zero-order chi connectivity index (χ0) is 15.4. The number of hydrogen-bond acceptors (Lipinski definition) is 3.